The van der Waals surface area contributed by atoms with E-state index in [-0.39, 0.29) is 30.5 Å². The lowest BCUT2D eigenvalue weighted by atomic mass is 10.1. The van der Waals surface area contributed by atoms with Crippen molar-refractivity contribution in [2.75, 3.05) is 33.9 Å². The normalized spacial score (nSPS) is 12.1. The van der Waals surface area contributed by atoms with E-state index in [0.29, 0.717) is 29.6 Å². The van der Waals surface area contributed by atoms with Gasteiger partial charge in [-0.1, -0.05) is 0 Å². The third kappa shape index (κ3) is 7.67. The number of nitrogens with zero attached hydrogens (tertiary/aromatic N) is 1. The first-order chi connectivity index (χ1) is 12.7. The highest BCUT2D eigenvalue weighted by Crippen LogP contribution is 2.26. The highest BCUT2D eigenvalue weighted by Gasteiger charge is 2.11. The number of furan rings is 1. The van der Waals surface area contributed by atoms with Gasteiger partial charge in [-0.05, 0) is 36.8 Å². The molecule has 150 valence electrons. The number of hydrogen-bond acceptors (Lipinski definition) is 5. The van der Waals surface area contributed by atoms with Crippen LogP contribution in [0.1, 0.15) is 24.4 Å². The number of aliphatic hydroxyl groups excluding tert-OH is 1. The standard InChI is InChI=1S/C19H27N3O4.HI/c1-4-20-19(21-8-7-15-6-5-9-26-15)22-13-18(23)14-10-16(24-2)12-17(11-14)25-3;/h5-6,9-12,18,23H,4,7-8,13H2,1-3H3,(H2,20,21,22);1H. The summed E-state index contributed by atoms with van der Waals surface area (Å²) in [5, 5.41) is 16.9. The largest absolute Gasteiger partial charge is 0.497 e. The van der Waals surface area contributed by atoms with Crippen LogP contribution in [-0.2, 0) is 6.42 Å². The molecular weight excluding hydrogens is 461 g/mol. The van der Waals surface area contributed by atoms with Gasteiger partial charge in [-0.15, -0.1) is 24.0 Å². The van der Waals surface area contributed by atoms with Crippen molar-refractivity contribution in [2.45, 2.75) is 19.4 Å². The van der Waals surface area contributed by atoms with Crippen LogP contribution in [0.15, 0.2) is 46.0 Å². The fourth-order valence-corrected chi connectivity index (χ4v) is 2.41. The number of aliphatic hydroxyl groups is 1. The Morgan fingerprint density at radius 3 is 2.44 bits per heavy atom. The zero-order chi connectivity index (χ0) is 18.8. The summed E-state index contributed by atoms with van der Waals surface area (Å²) >= 11 is 0. The van der Waals surface area contributed by atoms with Crippen LogP contribution < -0.4 is 20.1 Å². The molecule has 0 aliphatic rings. The minimum Gasteiger partial charge on any atom is -0.497 e. The maximum absolute atomic E-state index is 10.5. The maximum atomic E-state index is 10.5. The average molecular weight is 489 g/mol. The van der Waals surface area contributed by atoms with Crippen LogP contribution in [0.3, 0.4) is 0 Å². The van der Waals surface area contributed by atoms with Crippen LogP contribution in [0.25, 0.3) is 0 Å². The zero-order valence-electron chi connectivity index (χ0n) is 15.9. The summed E-state index contributed by atoms with van der Waals surface area (Å²) in [4.78, 5) is 4.45. The highest BCUT2D eigenvalue weighted by molar-refractivity contribution is 14.0. The minimum atomic E-state index is -0.764. The predicted octanol–water partition coefficient (Wildman–Crippen LogP) is 2.75. The molecule has 0 amide bonds. The average Bonchev–Trinajstić information content (AvgIpc) is 3.18. The second-order valence-corrected chi connectivity index (χ2v) is 5.64. The molecule has 1 heterocycles. The molecule has 2 aromatic rings. The molecular formula is C19H28IN3O4. The lowest BCUT2D eigenvalue weighted by Gasteiger charge is -2.14. The molecule has 0 radical (unpaired) electrons. The van der Waals surface area contributed by atoms with Gasteiger partial charge in [-0.2, -0.15) is 0 Å². The van der Waals surface area contributed by atoms with E-state index in [9.17, 15) is 5.11 Å². The van der Waals surface area contributed by atoms with Crippen molar-refractivity contribution in [3.8, 4) is 11.5 Å². The Kier molecular flexibility index (Phi) is 10.6. The van der Waals surface area contributed by atoms with Gasteiger partial charge in [0.1, 0.15) is 17.3 Å². The molecule has 27 heavy (non-hydrogen) atoms. The van der Waals surface area contributed by atoms with E-state index in [0.717, 1.165) is 18.7 Å². The van der Waals surface area contributed by atoms with Gasteiger partial charge in [0.15, 0.2) is 5.96 Å². The molecule has 1 atom stereocenters. The lowest BCUT2D eigenvalue weighted by molar-refractivity contribution is 0.186. The SMILES string of the molecule is CCNC(=NCC(O)c1cc(OC)cc(OC)c1)NCCc1ccco1.I. The minimum absolute atomic E-state index is 0. The van der Waals surface area contributed by atoms with Crippen LogP contribution in [0.4, 0.5) is 0 Å². The quantitative estimate of drug-likeness (QED) is 0.285. The van der Waals surface area contributed by atoms with Crippen molar-refractivity contribution in [1.29, 1.82) is 0 Å². The molecule has 0 aliphatic heterocycles. The number of aliphatic imine (C=N–C) groups is 1. The molecule has 0 saturated heterocycles. The van der Waals surface area contributed by atoms with E-state index < -0.39 is 6.10 Å². The molecule has 7 nitrogen and oxygen atoms in total. The Balaban J connectivity index is 0.00000364. The van der Waals surface area contributed by atoms with Gasteiger partial charge >= 0.3 is 0 Å². The van der Waals surface area contributed by atoms with Gasteiger partial charge < -0.3 is 29.6 Å². The van der Waals surface area contributed by atoms with E-state index in [1.165, 1.54) is 0 Å². The molecule has 8 heteroatoms. The molecule has 0 aliphatic carbocycles. The molecule has 1 unspecified atom stereocenters. The Morgan fingerprint density at radius 2 is 1.89 bits per heavy atom. The van der Waals surface area contributed by atoms with Crippen molar-refractivity contribution in [1.82, 2.24) is 10.6 Å². The van der Waals surface area contributed by atoms with Gasteiger partial charge in [0, 0.05) is 25.6 Å². The number of hydrogen-bond donors (Lipinski definition) is 3. The van der Waals surface area contributed by atoms with Gasteiger partial charge in [0.2, 0.25) is 0 Å². The second-order valence-electron chi connectivity index (χ2n) is 5.64. The Bertz CT molecular complexity index is 670. The summed E-state index contributed by atoms with van der Waals surface area (Å²) in [5.41, 5.74) is 0.691. The summed E-state index contributed by atoms with van der Waals surface area (Å²) in [5.74, 6) is 2.82. The van der Waals surface area contributed by atoms with E-state index in [1.54, 1.807) is 38.7 Å². The van der Waals surface area contributed by atoms with Crippen LogP contribution in [-0.4, -0.2) is 44.9 Å². The van der Waals surface area contributed by atoms with Gasteiger partial charge in [0.05, 0.1) is 33.1 Å². The molecule has 0 bridgehead atoms. The number of ether oxygens (including phenoxy) is 2. The molecule has 3 N–H and O–H groups in total. The number of methoxy groups -OCH3 is 2. The molecule has 1 aromatic carbocycles. The van der Waals surface area contributed by atoms with E-state index in [1.807, 2.05) is 19.1 Å². The Hall–Kier alpha value is -1.94. The Morgan fingerprint density at radius 1 is 1.19 bits per heavy atom. The van der Waals surface area contributed by atoms with Gasteiger partial charge in [0.25, 0.3) is 0 Å². The summed E-state index contributed by atoms with van der Waals surface area (Å²) in [6.45, 7) is 3.62. The predicted molar refractivity (Wildman–Crippen MR) is 116 cm³/mol. The maximum Gasteiger partial charge on any atom is 0.191 e. The summed E-state index contributed by atoms with van der Waals surface area (Å²) in [6, 6.07) is 9.12. The number of guanidine groups is 1. The first-order valence-corrected chi connectivity index (χ1v) is 8.61. The highest BCUT2D eigenvalue weighted by atomic mass is 127. The van der Waals surface area contributed by atoms with Crippen molar-refractivity contribution < 1.29 is 19.0 Å². The van der Waals surface area contributed by atoms with Crippen LogP contribution in [0, 0.1) is 0 Å². The smallest absolute Gasteiger partial charge is 0.191 e. The third-order valence-electron chi connectivity index (χ3n) is 3.77. The van der Waals surface area contributed by atoms with Crippen LogP contribution in [0.5, 0.6) is 11.5 Å². The molecule has 0 saturated carbocycles. The van der Waals surface area contributed by atoms with Crippen LogP contribution >= 0.6 is 24.0 Å². The van der Waals surface area contributed by atoms with E-state index >= 15 is 0 Å². The lowest BCUT2D eigenvalue weighted by Crippen LogP contribution is -2.38. The number of nitrogens with one attached hydrogen (secondary N) is 2. The van der Waals surface area contributed by atoms with Crippen molar-refractivity contribution in [3.63, 3.8) is 0 Å². The van der Waals surface area contributed by atoms with Crippen LogP contribution in [0.2, 0.25) is 0 Å². The topological polar surface area (TPSA) is 88.3 Å². The van der Waals surface area contributed by atoms with Gasteiger partial charge in [-0.25, -0.2) is 0 Å². The van der Waals surface area contributed by atoms with E-state index in [2.05, 4.69) is 15.6 Å². The first kappa shape index (κ1) is 23.1. The number of halogens is 1. The monoisotopic (exact) mass is 489 g/mol. The van der Waals surface area contributed by atoms with Crippen molar-refractivity contribution in [3.05, 3.63) is 47.9 Å². The second kappa shape index (κ2) is 12.4. The number of benzene rings is 1. The summed E-state index contributed by atoms with van der Waals surface area (Å²) in [7, 11) is 3.16. The Labute approximate surface area is 177 Å². The molecule has 0 spiro atoms. The van der Waals surface area contributed by atoms with Gasteiger partial charge in [-0.3, -0.25) is 4.99 Å². The third-order valence-corrected chi connectivity index (χ3v) is 3.77. The first-order valence-electron chi connectivity index (χ1n) is 8.61. The molecule has 0 fully saturated rings. The summed E-state index contributed by atoms with van der Waals surface area (Å²) < 4.78 is 15.8. The van der Waals surface area contributed by atoms with Crippen molar-refractivity contribution >= 4 is 29.9 Å². The zero-order valence-corrected chi connectivity index (χ0v) is 18.2. The molecule has 1 aromatic heterocycles. The number of rotatable bonds is 9. The fraction of sp³-hybridized carbons (Fsp3) is 0.421. The fourth-order valence-electron chi connectivity index (χ4n) is 2.41. The van der Waals surface area contributed by atoms with Crippen molar-refractivity contribution in [2.24, 2.45) is 4.99 Å². The molecule has 2 rings (SSSR count). The van der Waals surface area contributed by atoms with E-state index in [4.69, 9.17) is 13.9 Å². The summed E-state index contributed by atoms with van der Waals surface area (Å²) in [6.07, 6.45) is 1.65.